The van der Waals surface area contributed by atoms with E-state index in [0.29, 0.717) is 0 Å². The van der Waals surface area contributed by atoms with Gasteiger partial charge in [0.25, 0.3) is 0 Å². The number of hydrogen-bond donors (Lipinski definition) is 0. The third-order valence-electron chi connectivity index (χ3n) is 6.43. The predicted octanol–water partition coefficient (Wildman–Crippen LogP) is 8.20. The minimum Gasteiger partial charge on any atom is -0.456 e. The van der Waals surface area contributed by atoms with E-state index in [2.05, 4.69) is 82.3 Å². The predicted molar refractivity (Wildman–Crippen MR) is 127 cm³/mol. The fourth-order valence-corrected chi connectivity index (χ4v) is 4.89. The lowest BCUT2D eigenvalue weighted by Gasteiger charge is -2.21. The number of para-hydroxylation sites is 1. The lowest BCUT2D eigenvalue weighted by Crippen LogP contribution is -2.14. The first-order valence-corrected chi connectivity index (χ1v) is 10.6. The van der Waals surface area contributed by atoms with Gasteiger partial charge in [0.1, 0.15) is 11.2 Å². The molecule has 0 amide bonds. The highest BCUT2D eigenvalue weighted by molar-refractivity contribution is 6.06. The third-order valence-corrected chi connectivity index (χ3v) is 6.43. The number of fused-ring (bicyclic) bond motifs is 6. The Morgan fingerprint density at radius 2 is 1.23 bits per heavy atom. The molecule has 1 aliphatic carbocycles. The van der Waals surface area contributed by atoms with Crippen molar-refractivity contribution < 1.29 is 4.42 Å². The van der Waals surface area contributed by atoms with Crippen molar-refractivity contribution in [2.45, 2.75) is 33.1 Å². The Kier molecular flexibility index (Phi) is 4.29. The van der Waals surface area contributed by atoms with Crippen LogP contribution in [0.4, 0.5) is 0 Å². The summed E-state index contributed by atoms with van der Waals surface area (Å²) in [5, 5.41) is 2.45. The maximum Gasteiger partial charge on any atom is 0.135 e. The van der Waals surface area contributed by atoms with E-state index in [1.807, 2.05) is 30.3 Å². The van der Waals surface area contributed by atoms with Crippen LogP contribution in [0.15, 0.2) is 89.3 Å². The van der Waals surface area contributed by atoms with Gasteiger partial charge >= 0.3 is 0 Å². The third kappa shape index (κ3) is 2.77. The minimum atomic E-state index is 0.151. The Bertz CT molecular complexity index is 1380. The molecular weight excluding hydrogens is 364 g/mol. The molecule has 0 aliphatic heterocycles. The molecule has 0 N–H and O–H groups in total. The topological polar surface area (TPSA) is 13.1 Å². The quantitative estimate of drug-likeness (QED) is 0.260. The Morgan fingerprint density at radius 1 is 0.600 bits per heavy atom. The second-order valence-corrected chi connectivity index (χ2v) is 8.71. The first-order valence-electron chi connectivity index (χ1n) is 10.6. The van der Waals surface area contributed by atoms with E-state index in [4.69, 9.17) is 4.42 Å². The highest BCUT2D eigenvalue weighted by atomic mass is 16.3. The molecule has 148 valence electrons. The van der Waals surface area contributed by atoms with Gasteiger partial charge in [-0.2, -0.15) is 0 Å². The van der Waals surface area contributed by atoms with Gasteiger partial charge in [0.2, 0.25) is 0 Å². The summed E-state index contributed by atoms with van der Waals surface area (Å²) in [6.45, 7) is 8.95. The van der Waals surface area contributed by atoms with E-state index >= 15 is 0 Å². The van der Waals surface area contributed by atoms with Gasteiger partial charge in [0.05, 0.1) is 0 Å². The summed E-state index contributed by atoms with van der Waals surface area (Å²) in [4.78, 5) is 0. The van der Waals surface area contributed by atoms with Crippen LogP contribution in [0, 0.1) is 13.8 Å². The van der Waals surface area contributed by atoms with Crippen molar-refractivity contribution in [3.63, 3.8) is 0 Å². The van der Waals surface area contributed by atoms with Crippen LogP contribution in [-0.2, 0) is 5.41 Å². The Morgan fingerprint density at radius 3 is 2.10 bits per heavy atom. The number of furan rings is 1. The molecule has 1 aliphatic rings. The second-order valence-electron chi connectivity index (χ2n) is 8.71. The molecule has 0 fully saturated rings. The van der Waals surface area contributed by atoms with E-state index < -0.39 is 0 Å². The van der Waals surface area contributed by atoms with Crippen molar-refractivity contribution in [1.29, 1.82) is 0 Å². The van der Waals surface area contributed by atoms with Crippen molar-refractivity contribution in [3.8, 4) is 11.1 Å². The van der Waals surface area contributed by atoms with Gasteiger partial charge in [-0.1, -0.05) is 86.6 Å². The summed E-state index contributed by atoms with van der Waals surface area (Å²) >= 11 is 0. The van der Waals surface area contributed by atoms with Crippen molar-refractivity contribution in [1.82, 2.24) is 0 Å². The van der Waals surface area contributed by atoms with Crippen molar-refractivity contribution >= 4 is 21.9 Å². The number of benzene rings is 4. The van der Waals surface area contributed by atoms with Crippen LogP contribution >= 0.6 is 0 Å². The second kappa shape index (κ2) is 6.88. The van der Waals surface area contributed by atoms with E-state index in [-0.39, 0.29) is 5.41 Å². The maximum atomic E-state index is 5.73. The number of rotatable bonds is 0. The molecular formula is C29H26O. The molecule has 5 aromatic rings. The lowest BCUT2D eigenvalue weighted by atomic mass is 9.82. The van der Waals surface area contributed by atoms with Crippen LogP contribution in [0.25, 0.3) is 33.1 Å². The van der Waals surface area contributed by atoms with E-state index in [1.54, 1.807) is 0 Å². The fourth-order valence-electron chi connectivity index (χ4n) is 4.89. The Balaban J connectivity index is 0.000000130. The maximum absolute atomic E-state index is 5.73. The average molecular weight is 391 g/mol. The van der Waals surface area contributed by atoms with Crippen LogP contribution in [-0.4, -0.2) is 0 Å². The summed E-state index contributed by atoms with van der Waals surface area (Å²) < 4.78 is 5.73. The normalized spacial score (nSPS) is 13.6. The van der Waals surface area contributed by atoms with Gasteiger partial charge in [-0.3, -0.25) is 0 Å². The van der Waals surface area contributed by atoms with Crippen LogP contribution in [0.5, 0.6) is 0 Å². The molecule has 1 nitrogen and oxygen atoms in total. The zero-order valence-electron chi connectivity index (χ0n) is 18.0. The Labute approximate surface area is 178 Å². The largest absolute Gasteiger partial charge is 0.456 e. The average Bonchev–Trinajstić information content (AvgIpc) is 3.24. The smallest absolute Gasteiger partial charge is 0.135 e. The SMILES string of the molecule is Cc1cccc2c1-c1ccccc1C2(C)C.Cc1cccc2oc3ccccc3c12. The van der Waals surface area contributed by atoms with Crippen molar-refractivity contribution in [2.24, 2.45) is 0 Å². The van der Waals surface area contributed by atoms with E-state index in [1.165, 1.54) is 44.2 Å². The summed E-state index contributed by atoms with van der Waals surface area (Å²) in [7, 11) is 0. The molecule has 6 rings (SSSR count). The van der Waals surface area contributed by atoms with E-state index in [9.17, 15) is 0 Å². The van der Waals surface area contributed by atoms with Gasteiger partial charge in [0, 0.05) is 16.2 Å². The molecule has 4 aromatic carbocycles. The molecule has 0 atom stereocenters. The zero-order chi connectivity index (χ0) is 20.9. The monoisotopic (exact) mass is 390 g/mol. The summed E-state index contributed by atoms with van der Waals surface area (Å²) in [5.74, 6) is 0. The van der Waals surface area contributed by atoms with Crippen molar-refractivity contribution in [2.75, 3.05) is 0 Å². The lowest BCUT2D eigenvalue weighted by molar-refractivity contribution is 0.660. The minimum absolute atomic E-state index is 0.151. The molecule has 0 bridgehead atoms. The first-order chi connectivity index (χ1) is 14.5. The highest BCUT2D eigenvalue weighted by Crippen LogP contribution is 2.49. The first kappa shape index (κ1) is 18.7. The Hall–Kier alpha value is -3.32. The molecule has 0 unspecified atom stereocenters. The summed E-state index contributed by atoms with van der Waals surface area (Å²) in [6, 6.07) is 29.7. The molecule has 1 heteroatoms. The summed E-state index contributed by atoms with van der Waals surface area (Å²) in [5.41, 5.74) is 10.5. The van der Waals surface area contributed by atoms with Crippen LogP contribution in [0.3, 0.4) is 0 Å². The molecule has 0 radical (unpaired) electrons. The van der Waals surface area contributed by atoms with Crippen LogP contribution in [0.2, 0.25) is 0 Å². The molecule has 0 spiro atoms. The fraction of sp³-hybridized carbons (Fsp3) is 0.172. The van der Waals surface area contributed by atoms with Gasteiger partial charge in [-0.15, -0.1) is 0 Å². The van der Waals surface area contributed by atoms with Crippen LogP contribution in [0.1, 0.15) is 36.1 Å². The molecule has 1 aromatic heterocycles. The van der Waals surface area contributed by atoms with Gasteiger partial charge in [-0.25, -0.2) is 0 Å². The molecule has 30 heavy (non-hydrogen) atoms. The molecule has 0 saturated heterocycles. The highest BCUT2D eigenvalue weighted by Gasteiger charge is 2.35. The molecule has 0 saturated carbocycles. The van der Waals surface area contributed by atoms with Gasteiger partial charge in [0.15, 0.2) is 0 Å². The van der Waals surface area contributed by atoms with Gasteiger partial charge < -0.3 is 4.42 Å². The van der Waals surface area contributed by atoms with Crippen LogP contribution < -0.4 is 0 Å². The summed E-state index contributed by atoms with van der Waals surface area (Å²) in [6.07, 6.45) is 0. The number of hydrogen-bond acceptors (Lipinski definition) is 1. The van der Waals surface area contributed by atoms with E-state index in [0.717, 1.165) is 11.2 Å². The zero-order valence-corrected chi connectivity index (χ0v) is 18.0. The van der Waals surface area contributed by atoms with Gasteiger partial charge in [-0.05, 0) is 59.4 Å². The molecule has 1 heterocycles. The standard InChI is InChI=1S/C16H16.C13H10O/c1-11-7-6-10-14-15(11)12-8-4-5-9-13(12)16(14,2)3;1-9-5-4-8-12-13(9)10-6-2-3-7-11(10)14-12/h4-10H,1-3H3;2-8H,1H3. The van der Waals surface area contributed by atoms with Crippen molar-refractivity contribution in [3.05, 3.63) is 107 Å². The number of aryl methyl sites for hydroxylation is 2.